The first-order valence-electron chi connectivity index (χ1n) is 7.14. The summed E-state index contributed by atoms with van der Waals surface area (Å²) >= 11 is 0. The molecule has 4 nitrogen and oxygen atoms in total. The Morgan fingerprint density at radius 2 is 1.84 bits per heavy atom. The van der Waals surface area contributed by atoms with Crippen molar-refractivity contribution >= 4 is 12.2 Å². The second kappa shape index (κ2) is 8.31. The zero-order chi connectivity index (χ0) is 15.1. The molecule has 0 aliphatic carbocycles. The van der Waals surface area contributed by atoms with Crippen LogP contribution in [0.1, 0.15) is 54.4 Å². The first-order valence-corrected chi connectivity index (χ1v) is 7.14. The Morgan fingerprint density at radius 1 is 1.26 bits per heavy atom. The van der Waals surface area contributed by atoms with Crippen LogP contribution in [0.2, 0.25) is 0 Å². The van der Waals surface area contributed by atoms with Crippen LogP contribution in [-0.2, 0) is 14.3 Å². The number of ketones is 1. The third-order valence-corrected chi connectivity index (χ3v) is 3.67. The molecule has 19 heavy (non-hydrogen) atoms. The Kier molecular flexibility index (Phi) is 7.91. The van der Waals surface area contributed by atoms with Crippen LogP contribution in [0, 0.1) is 5.41 Å². The van der Waals surface area contributed by atoms with E-state index in [0.717, 1.165) is 19.3 Å². The largest absolute Gasteiger partial charge is 0.374 e. The maximum Gasteiger partial charge on any atom is 0.210 e. The standard InChI is InChI=1S/C15H29NO3/c1-7-12(3)19-13(4)9-16(11-17)10-14(18)15(5,6)8-2/h11-13H,7-10H2,1-6H3. The zero-order valence-corrected chi connectivity index (χ0v) is 13.2. The van der Waals surface area contributed by atoms with Gasteiger partial charge < -0.3 is 9.64 Å². The Balaban J connectivity index is 4.36. The predicted molar refractivity (Wildman–Crippen MR) is 77.0 cm³/mol. The van der Waals surface area contributed by atoms with Crippen molar-refractivity contribution in [3.63, 3.8) is 0 Å². The van der Waals surface area contributed by atoms with Crippen LogP contribution in [0.15, 0.2) is 0 Å². The Morgan fingerprint density at radius 3 is 2.26 bits per heavy atom. The van der Waals surface area contributed by atoms with Gasteiger partial charge in [0.15, 0.2) is 5.78 Å². The monoisotopic (exact) mass is 271 g/mol. The molecule has 1 amide bonds. The number of hydrogen-bond acceptors (Lipinski definition) is 3. The molecule has 0 fully saturated rings. The maximum absolute atomic E-state index is 12.1. The van der Waals surface area contributed by atoms with Crippen LogP contribution in [0.5, 0.6) is 0 Å². The smallest absolute Gasteiger partial charge is 0.210 e. The van der Waals surface area contributed by atoms with Crippen molar-refractivity contribution < 1.29 is 14.3 Å². The molecule has 4 heteroatoms. The van der Waals surface area contributed by atoms with Crippen LogP contribution in [-0.4, -0.2) is 42.4 Å². The predicted octanol–water partition coefficient (Wildman–Crippen LogP) is 2.65. The Bertz CT molecular complexity index is 289. The van der Waals surface area contributed by atoms with Gasteiger partial charge in [-0.3, -0.25) is 9.59 Å². The number of amides is 1. The Hall–Kier alpha value is -0.900. The van der Waals surface area contributed by atoms with E-state index in [1.54, 1.807) is 0 Å². The van der Waals surface area contributed by atoms with Crippen LogP contribution >= 0.6 is 0 Å². The highest BCUT2D eigenvalue weighted by Gasteiger charge is 2.27. The molecule has 2 atom stereocenters. The average molecular weight is 271 g/mol. The minimum absolute atomic E-state index is 0.0577. The van der Waals surface area contributed by atoms with E-state index in [4.69, 9.17) is 4.74 Å². The first-order chi connectivity index (χ1) is 8.76. The average Bonchev–Trinajstić information content (AvgIpc) is 2.37. The highest BCUT2D eigenvalue weighted by atomic mass is 16.5. The number of rotatable bonds is 10. The van der Waals surface area contributed by atoms with Gasteiger partial charge in [0.2, 0.25) is 6.41 Å². The van der Waals surface area contributed by atoms with Gasteiger partial charge in [-0.15, -0.1) is 0 Å². The van der Waals surface area contributed by atoms with E-state index in [1.807, 2.05) is 34.6 Å². The molecule has 0 aromatic carbocycles. The van der Waals surface area contributed by atoms with Crippen LogP contribution in [0.25, 0.3) is 0 Å². The maximum atomic E-state index is 12.1. The fraction of sp³-hybridized carbons (Fsp3) is 0.867. The molecular formula is C15H29NO3. The van der Waals surface area contributed by atoms with Gasteiger partial charge in [-0.1, -0.05) is 27.7 Å². The van der Waals surface area contributed by atoms with Crippen molar-refractivity contribution in [3.8, 4) is 0 Å². The van der Waals surface area contributed by atoms with Crippen LogP contribution < -0.4 is 0 Å². The van der Waals surface area contributed by atoms with Gasteiger partial charge in [-0.2, -0.15) is 0 Å². The highest BCUT2D eigenvalue weighted by Crippen LogP contribution is 2.21. The Labute approximate surface area is 117 Å². The lowest BCUT2D eigenvalue weighted by molar-refractivity contribution is -0.133. The molecular weight excluding hydrogens is 242 g/mol. The fourth-order valence-electron chi connectivity index (χ4n) is 1.61. The van der Waals surface area contributed by atoms with Gasteiger partial charge in [0, 0.05) is 12.0 Å². The molecule has 0 saturated carbocycles. The van der Waals surface area contributed by atoms with Crippen molar-refractivity contribution in [1.29, 1.82) is 0 Å². The SMILES string of the molecule is CCC(C)OC(C)CN(C=O)CC(=O)C(C)(C)CC. The summed E-state index contributed by atoms with van der Waals surface area (Å²) in [4.78, 5) is 24.7. The molecule has 0 bridgehead atoms. The summed E-state index contributed by atoms with van der Waals surface area (Å²) in [6.07, 6.45) is 2.56. The van der Waals surface area contributed by atoms with E-state index in [0.29, 0.717) is 6.54 Å². The molecule has 112 valence electrons. The lowest BCUT2D eigenvalue weighted by atomic mass is 9.85. The summed E-state index contributed by atoms with van der Waals surface area (Å²) in [7, 11) is 0. The van der Waals surface area contributed by atoms with E-state index in [1.165, 1.54) is 4.90 Å². The molecule has 0 heterocycles. The summed E-state index contributed by atoms with van der Waals surface area (Å²) in [5.41, 5.74) is -0.373. The summed E-state index contributed by atoms with van der Waals surface area (Å²) in [5, 5.41) is 0. The highest BCUT2D eigenvalue weighted by molar-refractivity contribution is 5.87. The van der Waals surface area contributed by atoms with E-state index < -0.39 is 0 Å². The number of Topliss-reactive ketones (excluding diaryl/α,β-unsaturated/α-hetero) is 1. The first kappa shape index (κ1) is 18.1. The number of nitrogens with zero attached hydrogens (tertiary/aromatic N) is 1. The normalized spacial score (nSPS) is 14.8. The van der Waals surface area contributed by atoms with Gasteiger partial charge >= 0.3 is 0 Å². The van der Waals surface area contributed by atoms with E-state index in [9.17, 15) is 9.59 Å². The zero-order valence-electron chi connectivity index (χ0n) is 13.2. The lowest BCUT2D eigenvalue weighted by Crippen LogP contribution is -2.40. The summed E-state index contributed by atoms with van der Waals surface area (Å²) in [5.74, 6) is 0.0952. The third-order valence-electron chi connectivity index (χ3n) is 3.67. The van der Waals surface area contributed by atoms with Crippen molar-refractivity contribution in [2.45, 2.75) is 66.6 Å². The summed E-state index contributed by atoms with van der Waals surface area (Å²) < 4.78 is 5.71. The summed E-state index contributed by atoms with van der Waals surface area (Å²) in [6, 6.07) is 0. The molecule has 2 unspecified atom stereocenters. The topological polar surface area (TPSA) is 46.6 Å². The number of hydrogen-bond donors (Lipinski definition) is 0. The quantitative estimate of drug-likeness (QED) is 0.574. The number of carbonyl (C=O) groups excluding carboxylic acids is 2. The molecule has 0 aliphatic rings. The third kappa shape index (κ3) is 6.71. The van der Waals surface area contributed by atoms with E-state index >= 15 is 0 Å². The van der Waals surface area contributed by atoms with Crippen molar-refractivity contribution in [3.05, 3.63) is 0 Å². The summed E-state index contributed by atoms with van der Waals surface area (Å²) in [6.45, 7) is 12.4. The second-order valence-electron chi connectivity index (χ2n) is 5.86. The lowest BCUT2D eigenvalue weighted by Gasteiger charge is -2.27. The minimum Gasteiger partial charge on any atom is -0.374 e. The molecule has 0 N–H and O–H groups in total. The molecule has 0 aromatic rings. The molecule has 0 aromatic heterocycles. The van der Waals surface area contributed by atoms with Gasteiger partial charge in [0.25, 0.3) is 0 Å². The minimum atomic E-state index is -0.373. The number of carbonyl (C=O) groups is 2. The number of ether oxygens (including phenoxy) is 1. The molecule has 0 saturated heterocycles. The molecule has 0 spiro atoms. The van der Waals surface area contributed by atoms with Crippen LogP contribution in [0.3, 0.4) is 0 Å². The molecule has 0 radical (unpaired) electrons. The van der Waals surface area contributed by atoms with Gasteiger partial charge in [-0.25, -0.2) is 0 Å². The molecule has 0 rings (SSSR count). The van der Waals surface area contributed by atoms with Crippen molar-refractivity contribution in [2.75, 3.05) is 13.1 Å². The fourth-order valence-corrected chi connectivity index (χ4v) is 1.61. The van der Waals surface area contributed by atoms with Crippen molar-refractivity contribution in [2.24, 2.45) is 5.41 Å². The van der Waals surface area contributed by atoms with Gasteiger partial charge in [0.05, 0.1) is 18.8 Å². The van der Waals surface area contributed by atoms with E-state index in [-0.39, 0.29) is 30.0 Å². The van der Waals surface area contributed by atoms with Crippen molar-refractivity contribution in [1.82, 2.24) is 4.90 Å². The second-order valence-corrected chi connectivity index (χ2v) is 5.86. The van der Waals surface area contributed by atoms with Gasteiger partial charge in [-0.05, 0) is 26.7 Å². The molecule has 0 aliphatic heterocycles. The van der Waals surface area contributed by atoms with E-state index in [2.05, 4.69) is 6.92 Å². The van der Waals surface area contributed by atoms with Crippen LogP contribution in [0.4, 0.5) is 0 Å². The van der Waals surface area contributed by atoms with Gasteiger partial charge in [0.1, 0.15) is 0 Å².